The van der Waals surface area contributed by atoms with Crippen LogP contribution in [0.4, 0.5) is 13.2 Å². The molecule has 4 nitrogen and oxygen atoms in total. The van der Waals surface area contributed by atoms with Crippen LogP contribution in [0.1, 0.15) is 47.0 Å². The summed E-state index contributed by atoms with van der Waals surface area (Å²) in [6.45, 7) is 6.28. The first kappa shape index (κ1) is 17.8. The molecular weight excluding hydrogens is 289 g/mol. The largest absolute Gasteiger partial charge is 0.462 e. The molecule has 0 aromatic heterocycles. The number of carbonyl (C=O) groups is 2. The number of rotatable bonds is 6. The van der Waals surface area contributed by atoms with Gasteiger partial charge in [0.2, 0.25) is 0 Å². The van der Waals surface area contributed by atoms with E-state index in [1.54, 1.807) is 27.7 Å². The highest BCUT2D eigenvalue weighted by Gasteiger charge is 2.64. The van der Waals surface area contributed by atoms with Crippen molar-refractivity contribution >= 4 is 11.9 Å². The normalized spacial score (nSPS) is 17.2. The highest BCUT2D eigenvalue weighted by atomic mass is 19.4. The lowest BCUT2D eigenvalue weighted by molar-refractivity contribution is -0.197. The van der Waals surface area contributed by atoms with Crippen LogP contribution in [0.15, 0.2) is 0 Å². The van der Waals surface area contributed by atoms with Gasteiger partial charge in [0.25, 0.3) is 0 Å². The van der Waals surface area contributed by atoms with Crippen molar-refractivity contribution in [2.45, 2.75) is 65.3 Å². The molecule has 1 fully saturated rings. The molecule has 0 spiro atoms. The first-order chi connectivity index (χ1) is 9.48. The third-order valence-corrected chi connectivity index (χ3v) is 3.32. The summed E-state index contributed by atoms with van der Waals surface area (Å²) in [5, 5.41) is 0. The molecule has 0 amide bonds. The second kappa shape index (κ2) is 6.23. The average Bonchev–Trinajstić information content (AvgIpc) is 3.03. The zero-order valence-electron chi connectivity index (χ0n) is 12.6. The Morgan fingerprint density at radius 2 is 1.38 bits per heavy atom. The minimum atomic E-state index is -4.43. The quantitative estimate of drug-likeness (QED) is 0.558. The number of alkyl halides is 3. The zero-order chi connectivity index (χ0) is 16.4. The van der Waals surface area contributed by atoms with E-state index in [4.69, 9.17) is 9.47 Å². The van der Waals surface area contributed by atoms with E-state index in [2.05, 4.69) is 0 Å². The van der Waals surface area contributed by atoms with E-state index in [0.29, 0.717) is 0 Å². The first-order valence-electron chi connectivity index (χ1n) is 6.96. The molecule has 21 heavy (non-hydrogen) atoms. The number of hydrogen-bond acceptors (Lipinski definition) is 4. The van der Waals surface area contributed by atoms with E-state index in [-0.39, 0.29) is 12.8 Å². The maximum Gasteiger partial charge on any atom is 0.394 e. The highest BCUT2D eigenvalue weighted by molar-refractivity contribution is 5.95. The van der Waals surface area contributed by atoms with Crippen LogP contribution >= 0.6 is 0 Å². The van der Waals surface area contributed by atoms with Gasteiger partial charge in [-0.3, -0.25) is 9.59 Å². The fourth-order valence-electron chi connectivity index (χ4n) is 2.04. The molecule has 1 rings (SSSR count). The first-order valence-corrected chi connectivity index (χ1v) is 6.96. The average molecular weight is 310 g/mol. The summed E-state index contributed by atoms with van der Waals surface area (Å²) in [7, 11) is 0. The van der Waals surface area contributed by atoms with Crippen molar-refractivity contribution in [3.63, 3.8) is 0 Å². The van der Waals surface area contributed by atoms with Gasteiger partial charge in [0.05, 0.1) is 17.6 Å². The van der Waals surface area contributed by atoms with Crippen molar-refractivity contribution < 1.29 is 32.2 Å². The molecule has 7 heteroatoms. The number of ether oxygens (including phenoxy) is 2. The third kappa shape index (κ3) is 4.61. The van der Waals surface area contributed by atoms with Gasteiger partial charge < -0.3 is 9.47 Å². The zero-order valence-corrected chi connectivity index (χ0v) is 12.6. The molecule has 0 N–H and O–H groups in total. The Bertz CT molecular complexity index is 376. The summed E-state index contributed by atoms with van der Waals surface area (Å²) in [5.41, 5.74) is -1.95. The molecule has 0 heterocycles. The van der Waals surface area contributed by atoms with Gasteiger partial charge >= 0.3 is 18.1 Å². The number of carbonyl (C=O) groups excluding carboxylic acids is 2. The summed E-state index contributed by atoms with van der Waals surface area (Å²) in [4.78, 5) is 23.8. The van der Waals surface area contributed by atoms with E-state index in [0.717, 1.165) is 0 Å². The van der Waals surface area contributed by atoms with E-state index in [1.807, 2.05) is 0 Å². The topological polar surface area (TPSA) is 52.6 Å². The van der Waals surface area contributed by atoms with Crippen molar-refractivity contribution in [3.8, 4) is 0 Å². The van der Waals surface area contributed by atoms with E-state index >= 15 is 0 Å². The van der Waals surface area contributed by atoms with Gasteiger partial charge in [-0.25, -0.2) is 0 Å². The van der Waals surface area contributed by atoms with Crippen LogP contribution in [-0.4, -0.2) is 30.3 Å². The molecule has 0 bridgehead atoms. The Balaban J connectivity index is 2.87. The van der Waals surface area contributed by atoms with Gasteiger partial charge in [-0.15, -0.1) is 0 Å². The van der Waals surface area contributed by atoms with Crippen LogP contribution in [0.25, 0.3) is 0 Å². The van der Waals surface area contributed by atoms with Crippen molar-refractivity contribution in [1.29, 1.82) is 0 Å². The summed E-state index contributed by atoms with van der Waals surface area (Å²) >= 11 is 0. The summed E-state index contributed by atoms with van der Waals surface area (Å²) < 4.78 is 48.8. The van der Waals surface area contributed by atoms with Crippen LogP contribution in [0.3, 0.4) is 0 Å². The molecule has 0 radical (unpaired) electrons. The maximum absolute atomic E-state index is 13.0. The SMILES string of the molecule is CC(C)OC(=O)C(CC1(C(F)(F)F)CC1)C(=O)OC(C)C. The van der Waals surface area contributed by atoms with Crippen LogP contribution in [0.5, 0.6) is 0 Å². The lowest BCUT2D eigenvalue weighted by Crippen LogP contribution is -2.36. The molecule has 0 atom stereocenters. The Morgan fingerprint density at radius 3 is 1.62 bits per heavy atom. The Kier molecular flexibility index (Phi) is 5.28. The smallest absolute Gasteiger partial charge is 0.394 e. The highest BCUT2D eigenvalue weighted by Crippen LogP contribution is 2.61. The summed E-state index contributed by atoms with van der Waals surface area (Å²) in [6.07, 6.45) is -6.19. The molecule has 0 unspecified atom stereocenters. The minimum Gasteiger partial charge on any atom is -0.462 e. The monoisotopic (exact) mass is 310 g/mol. The molecule has 0 saturated heterocycles. The van der Waals surface area contributed by atoms with Crippen molar-refractivity contribution in [2.24, 2.45) is 11.3 Å². The van der Waals surface area contributed by atoms with Gasteiger partial charge in [-0.1, -0.05) is 0 Å². The lowest BCUT2D eigenvalue weighted by atomic mass is 9.91. The molecule has 0 aromatic carbocycles. The predicted octanol–water partition coefficient (Wildman–Crippen LogP) is 3.24. The van der Waals surface area contributed by atoms with Gasteiger partial charge in [-0.05, 0) is 47.0 Å². The van der Waals surface area contributed by atoms with Gasteiger partial charge in [0.1, 0.15) is 0 Å². The molecule has 1 aliphatic rings. The summed E-state index contributed by atoms with van der Waals surface area (Å²) in [6, 6.07) is 0. The van der Waals surface area contributed by atoms with Crippen molar-refractivity contribution in [2.75, 3.05) is 0 Å². The predicted molar refractivity (Wildman–Crippen MR) is 68.3 cm³/mol. The molecule has 0 aliphatic heterocycles. The van der Waals surface area contributed by atoms with Crippen molar-refractivity contribution in [3.05, 3.63) is 0 Å². The number of halogens is 3. The third-order valence-electron chi connectivity index (χ3n) is 3.32. The van der Waals surface area contributed by atoms with Crippen LogP contribution < -0.4 is 0 Å². The van der Waals surface area contributed by atoms with Gasteiger partial charge in [0, 0.05) is 0 Å². The molecule has 0 aromatic rings. The Morgan fingerprint density at radius 1 is 1.00 bits per heavy atom. The van der Waals surface area contributed by atoms with Crippen LogP contribution in [0, 0.1) is 11.3 Å². The molecule has 1 aliphatic carbocycles. The van der Waals surface area contributed by atoms with Crippen molar-refractivity contribution in [1.82, 2.24) is 0 Å². The molecule has 1 saturated carbocycles. The Hall–Kier alpha value is -1.27. The van der Waals surface area contributed by atoms with Crippen LogP contribution in [-0.2, 0) is 19.1 Å². The van der Waals surface area contributed by atoms with E-state index < -0.39 is 48.1 Å². The maximum atomic E-state index is 13.0. The minimum absolute atomic E-state index is 0.0725. The summed E-state index contributed by atoms with van der Waals surface area (Å²) in [5.74, 6) is -3.43. The Labute approximate surface area is 122 Å². The van der Waals surface area contributed by atoms with Gasteiger partial charge in [0.15, 0.2) is 5.92 Å². The molecule has 122 valence electrons. The number of esters is 2. The van der Waals surface area contributed by atoms with E-state index in [1.165, 1.54) is 0 Å². The standard InChI is InChI=1S/C14H21F3O4/c1-8(2)20-11(18)10(12(19)21-9(3)4)7-13(5-6-13)14(15,16)17/h8-10H,5-7H2,1-4H3. The van der Waals surface area contributed by atoms with E-state index in [9.17, 15) is 22.8 Å². The number of hydrogen-bond donors (Lipinski definition) is 0. The van der Waals surface area contributed by atoms with Crippen LogP contribution in [0.2, 0.25) is 0 Å². The fourth-order valence-corrected chi connectivity index (χ4v) is 2.04. The second-order valence-corrected chi connectivity index (χ2v) is 6.01. The lowest BCUT2D eigenvalue weighted by Gasteiger charge is -2.24. The second-order valence-electron chi connectivity index (χ2n) is 6.01. The fraction of sp³-hybridized carbons (Fsp3) is 0.857. The molecular formula is C14H21F3O4. The van der Waals surface area contributed by atoms with Gasteiger partial charge in [-0.2, -0.15) is 13.2 Å².